The number of hydrogen-bond acceptors (Lipinski definition) is 4. The highest BCUT2D eigenvalue weighted by molar-refractivity contribution is 6.06. The summed E-state index contributed by atoms with van der Waals surface area (Å²) >= 11 is 0. The summed E-state index contributed by atoms with van der Waals surface area (Å²) in [4.78, 5) is 17.5. The van der Waals surface area contributed by atoms with Gasteiger partial charge in [-0.1, -0.05) is 29.4 Å². The number of carbonyl (C=O) groups is 1. The van der Waals surface area contributed by atoms with Crippen LogP contribution in [-0.2, 0) is 9.63 Å². The summed E-state index contributed by atoms with van der Waals surface area (Å²) in [7, 11) is 1.53. The Labute approximate surface area is 132 Å². The zero-order chi connectivity index (χ0) is 16.2. The summed E-state index contributed by atoms with van der Waals surface area (Å²) in [5.41, 5.74) is 1.92. The van der Waals surface area contributed by atoms with Crippen LogP contribution in [0.25, 0.3) is 0 Å². The molecule has 0 bridgehead atoms. The van der Waals surface area contributed by atoms with Crippen molar-refractivity contribution in [3.05, 3.63) is 59.9 Å². The van der Waals surface area contributed by atoms with E-state index in [0.29, 0.717) is 23.6 Å². The molecule has 2 aromatic rings. The summed E-state index contributed by atoms with van der Waals surface area (Å²) in [6.45, 7) is 0. The fourth-order valence-corrected chi connectivity index (χ4v) is 2.29. The molecule has 1 aliphatic heterocycles. The molecular weight excluding hydrogens is 299 g/mol. The number of amides is 1. The number of ether oxygens (including phenoxy) is 1. The molecule has 1 atom stereocenters. The summed E-state index contributed by atoms with van der Waals surface area (Å²) in [6.07, 6.45) is -0.396. The van der Waals surface area contributed by atoms with Crippen LogP contribution < -0.4 is 10.1 Å². The van der Waals surface area contributed by atoms with E-state index in [9.17, 15) is 9.18 Å². The largest absolute Gasteiger partial charge is 0.495 e. The summed E-state index contributed by atoms with van der Waals surface area (Å²) < 4.78 is 18.1. The Balaban J connectivity index is 1.65. The zero-order valence-corrected chi connectivity index (χ0v) is 12.5. The Morgan fingerprint density at radius 3 is 2.74 bits per heavy atom. The molecule has 23 heavy (non-hydrogen) atoms. The van der Waals surface area contributed by atoms with Gasteiger partial charge in [-0.2, -0.15) is 0 Å². The van der Waals surface area contributed by atoms with Gasteiger partial charge in [0.25, 0.3) is 5.91 Å². The maximum atomic E-state index is 12.9. The molecule has 0 aliphatic carbocycles. The van der Waals surface area contributed by atoms with Crippen LogP contribution in [0.1, 0.15) is 12.0 Å². The number of benzene rings is 2. The molecule has 0 saturated heterocycles. The van der Waals surface area contributed by atoms with Crippen molar-refractivity contribution in [2.24, 2.45) is 5.16 Å². The van der Waals surface area contributed by atoms with Crippen LogP contribution >= 0.6 is 0 Å². The highest BCUT2D eigenvalue weighted by Gasteiger charge is 2.29. The van der Waals surface area contributed by atoms with Crippen LogP contribution in [0.2, 0.25) is 0 Å². The second-order valence-corrected chi connectivity index (χ2v) is 5.03. The van der Waals surface area contributed by atoms with Crippen LogP contribution in [0.4, 0.5) is 10.1 Å². The van der Waals surface area contributed by atoms with E-state index in [0.717, 1.165) is 5.56 Å². The average Bonchev–Trinajstić information content (AvgIpc) is 3.06. The van der Waals surface area contributed by atoms with Gasteiger partial charge in [-0.15, -0.1) is 0 Å². The third-order valence-corrected chi connectivity index (χ3v) is 3.50. The number of nitrogens with one attached hydrogen (secondary N) is 1. The maximum Gasteiger partial charge on any atom is 0.268 e. The first-order valence-corrected chi connectivity index (χ1v) is 7.10. The Morgan fingerprint density at radius 2 is 2.00 bits per heavy atom. The Kier molecular flexibility index (Phi) is 4.23. The third-order valence-electron chi connectivity index (χ3n) is 3.50. The molecule has 0 aromatic heterocycles. The van der Waals surface area contributed by atoms with Gasteiger partial charge in [-0.25, -0.2) is 4.39 Å². The van der Waals surface area contributed by atoms with Crippen molar-refractivity contribution >= 4 is 17.3 Å². The molecule has 1 aliphatic rings. The maximum absolute atomic E-state index is 12.9. The van der Waals surface area contributed by atoms with Crippen LogP contribution in [0.15, 0.2) is 53.7 Å². The molecule has 118 valence electrons. The van der Waals surface area contributed by atoms with E-state index in [1.807, 2.05) is 6.07 Å². The van der Waals surface area contributed by atoms with E-state index in [4.69, 9.17) is 9.57 Å². The van der Waals surface area contributed by atoms with E-state index >= 15 is 0 Å². The lowest BCUT2D eigenvalue weighted by Crippen LogP contribution is -2.28. The third kappa shape index (κ3) is 3.31. The van der Waals surface area contributed by atoms with Crippen molar-refractivity contribution in [1.82, 2.24) is 0 Å². The van der Waals surface area contributed by atoms with Gasteiger partial charge in [0.15, 0.2) is 0 Å². The smallest absolute Gasteiger partial charge is 0.268 e. The minimum absolute atomic E-state index is 0.310. The van der Waals surface area contributed by atoms with Crippen molar-refractivity contribution in [3.8, 4) is 5.75 Å². The molecule has 1 heterocycles. The average molecular weight is 314 g/mol. The number of carbonyl (C=O) groups excluding carboxylic acids is 1. The molecule has 0 saturated carbocycles. The van der Waals surface area contributed by atoms with Crippen LogP contribution in [0.3, 0.4) is 0 Å². The summed E-state index contributed by atoms with van der Waals surface area (Å²) in [6, 6.07) is 13.0. The lowest BCUT2D eigenvalue weighted by atomic mass is 10.0. The number of rotatable bonds is 4. The predicted molar refractivity (Wildman–Crippen MR) is 84.1 cm³/mol. The minimum Gasteiger partial charge on any atom is -0.495 e. The minimum atomic E-state index is -0.722. The van der Waals surface area contributed by atoms with Gasteiger partial charge in [-0.3, -0.25) is 4.79 Å². The van der Waals surface area contributed by atoms with Gasteiger partial charge in [0.2, 0.25) is 6.10 Å². The molecule has 5 nitrogen and oxygen atoms in total. The number of halogens is 1. The van der Waals surface area contributed by atoms with E-state index in [1.165, 1.54) is 19.2 Å². The molecule has 3 rings (SSSR count). The Bertz CT molecular complexity index is 744. The van der Waals surface area contributed by atoms with Gasteiger partial charge >= 0.3 is 0 Å². The number of para-hydroxylation sites is 2. The second-order valence-electron chi connectivity index (χ2n) is 5.03. The standard InChI is InChI=1S/C17H15FN2O3/c1-22-15-5-3-2-4-13(15)19-17(21)16-10-14(20-23-16)11-6-8-12(18)9-7-11/h2-9,16H,10H2,1H3,(H,19,21). The Hall–Kier alpha value is -2.89. The molecule has 0 radical (unpaired) electrons. The number of hydrogen-bond donors (Lipinski definition) is 1. The molecule has 0 spiro atoms. The van der Waals surface area contributed by atoms with Crippen molar-refractivity contribution in [3.63, 3.8) is 0 Å². The normalized spacial score (nSPS) is 16.4. The van der Waals surface area contributed by atoms with Gasteiger partial charge in [0.05, 0.1) is 18.5 Å². The first kappa shape index (κ1) is 15.0. The molecule has 1 unspecified atom stereocenters. The van der Waals surface area contributed by atoms with Gasteiger partial charge in [-0.05, 0) is 29.8 Å². The molecular formula is C17H15FN2O3. The summed E-state index contributed by atoms with van der Waals surface area (Å²) in [5.74, 6) is -0.0624. The van der Waals surface area contributed by atoms with Crippen molar-refractivity contribution in [1.29, 1.82) is 0 Å². The van der Waals surface area contributed by atoms with E-state index in [-0.39, 0.29) is 11.7 Å². The highest BCUT2D eigenvalue weighted by Crippen LogP contribution is 2.25. The molecule has 6 heteroatoms. The lowest BCUT2D eigenvalue weighted by Gasteiger charge is -2.12. The van der Waals surface area contributed by atoms with Crippen LogP contribution in [0, 0.1) is 5.82 Å². The van der Waals surface area contributed by atoms with Crippen molar-refractivity contribution in [2.45, 2.75) is 12.5 Å². The van der Waals surface area contributed by atoms with Crippen LogP contribution in [0.5, 0.6) is 5.75 Å². The van der Waals surface area contributed by atoms with Crippen molar-refractivity contribution in [2.75, 3.05) is 12.4 Å². The predicted octanol–water partition coefficient (Wildman–Crippen LogP) is 2.97. The van der Waals surface area contributed by atoms with E-state index in [2.05, 4.69) is 10.5 Å². The van der Waals surface area contributed by atoms with Crippen LogP contribution in [-0.4, -0.2) is 24.8 Å². The van der Waals surface area contributed by atoms with Gasteiger partial charge in [0.1, 0.15) is 11.6 Å². The van der Waals surface area contributed by atoms with E-state index in [1.54, 1.807) is 30.3 Å². The number of oxime groups is 1. The van der Waals surface area contributed by atoms with Gasteiger partial charge in [0, 0.05) is 6.42 Å². The number of nitrogens with zero attached hydrogens (tertiary/aromatic N) is 1. The zero-order valence-electron chi connectivity index (χ0n) is 12.5. The molecule has 0 fully saturated rings. The molecule has 2 aromatic carbocycles. The lowest BCUT2D eigenvalue weighted by molar-refractivity contribution is -0.125. The SMILES string of the molecule is COc1ccccc1NC(=O)C1CC(c2ccc(F)cc2)=NO1. The fourth-order valence-electron chi connectivity index (χ4n) is 2.29. The van der Waals surface area contributed by atoms with Gasteiger partial charge < -0.3 is 14.9 Å². The number of methoxy groups -OCH3 is 1. The molecule has 1 N–H and O–H groups in total. The molecule has 1 amide bonds. The quantitative estimate of drug-likeness (QED) is 0.944. The van der Waals surface area contributed by atoms with E-state index < -0.39 is 6.10 Å². The Morgan fingerprint density at radius 1 is 1.26 bits per heavy atom. The van der Waals surface area contributed by atoms with Crippen molar-refractivity contribution < 1.29 is 18.8 Å². The fraction of sp³-hybridized carbons (Fsp3) is 0.176. The first-order chi connectivity index (χ1) is 11.2. The second kappa shape index (κ2) is 6.48. The number of anilines is 1. The highest BCUT2D eigenvalue weighted by atomic mass is 19.1. The topological polar surface area (TPSA) is 59.9 Å². The monoisotopic (exact) mass is 314 g/mol. The first-order valence-electron chi connectivity index (χ1n) is 7.10. The summed E-state index contributed by atoms with van der Waals surface area (Å²) in [5, 5.41) is 6.69.